The highest BCUT2D eigenvalue weighted by Gasteiger charge is 2.14. The molecular weight excluding hydrogens is 274 g/mol. The third-order valence-electron chi connectivity index (χ3n) is 3.00. The minimum Gasteiger partial charge on any atom is -0.496 e. The van der Waals surface area contributed by atoms with Crippen molar-refractivity contribution in [3.05, 3.63) is 45.4 Å². The molecule has 0 aliphatic rings. The number of para-hydroxylation sites is 1. The van der Waals surface area contributed by atoms with Crippen molar-refractivity contribution in [1.82, 2.24) is 4.98 Å². The number of thiol groups is 1. The number of nitrogens with zero attached hydrogens (tertiary/aromatic N) is 1. The van der Waals surface area contributed by atoms with Crippen LogP contribution in [0.15, 0.2) is 24.3 Å². The highest BCUT2D eigenvalue weighted by Crippen LogP contribution is 2.29. The highest BCUT2D eigenvalue weighted by molar-refractivity contribution is 7.79. The number of benzene rings is 1. The summed E-state index contributed by atoms with van der Waals surface area (Å²) < 4.78 is 5.39. The van der Waals surface area contributed by atoms with E-state index in [9.17, 15) is 0 Å². The van der Waals surface area contributed by atoms with Crippen LogP contribution in [0.2, 0.25) is 0 Å². The van der Waals surface area contributed by atoms with Gasteiger partial charge in [0.2, 0.25) is 0 Å². The van der Waals surface area contributed by atoms with Crippen LogP contribution in [0.3, 0.4) is 0 Å². The largest absolute Gasteiger partial charge is 0.496 e. The molecule has 19 heavy (non-hydrogen) atoms. The first-order valence-corrected chi connectivity index (χ1v) is 7.81. The number of hydrogen-bond acceptors (Lipinski definition) is 4. The van der Waals surface area contributed by atoms with E-state index in [-0.39, 0.29) is 0 Å². The summed E-state index contributed by atoms with van der Waals surface area (Å²) in [6.07, 6.45) is 0.822. The molecule has 0 spiro atoms. The van der Waals surface area contributed by atoms with Crippen molar-refractivity contribution >= 4 is 24.0 Å². The third kappa shape index (κ3) is 3.31. The molecule has 0 amide bonds. The number of aromatic nitrogens is 1. The van der Waals surface area contributed by atoms with Crippen LogP contribution in [0.25, 0.3) is 0 Å². The zero-order valence-electron chi connectivity index (χ0n) is 11.5. The Balaban J connectivity index is 2.28. The Bertz CT molecular complexity index is 549. The molecule has 0 aliphatic heterocycles. The van der Waals surface area contributed by atoms with Crippen LogP contribution in [-0.2, 0) is 12.2 Å². The van der Waals surface area contributed by atoms with Crippen molar-refractivity contribution in [3.63, 3.8) is 0 Å². The Morgan fingerprint density at radius 3 is 2.63 bits per heavy atom. The predicted molar refractivity (Wildman–Crippen MR) is 84.7 cm³/mol. The molecular formula is C15H19NOS2. The minimum absolute atomic E-state index is 0.449. The molecule has 1 aromatic carbocycles. The molecule has 4 heteroatoms. The molecule has 0 radical (unpaired) electrons. The molecule has 102 valence electrons. The van der Waals surface area contributed by atoms with E-state index < -0.39 is 0 Å². The van der Waals surface area contributed by atoms with Crippen molar-refractivity contribution in [1.29, 1.82) is 0 Å². The van der Waals surface area contributed by atoms with Crippen molar-refractivity contribution in [2.45, 2.75) is 31.9 Å². The Hall–Kier alpha value is -1.000. The zero-order chi connectivity index (χ0) is 13.8. The van der Waals surface area contributed by atoms with Crippen molar-refractivity contribution < 1.29 is 4.74 Å². The maximum absolute atomic E-state index is 5.39. The van der Waals surface area contributed by atoms with Crippen molar-refractivity contribution in [2.75, 3.05) is 7.11 Å². The van der Waals surface area contributed by atoms with Gasteiger partial charge in [0.05, 0.1) is 17.8 Å². The minimum atomic E-state index is 0.449. The lowest BCUT2D eigenvalue weighted by Gasteiger charge is -2.06. The average molecular weight is 293 g/mol. The summed E-state index contributed by atoms with van der Waals surface area (Å²) in [5, 5.41) is 1.14. The van der Waals surface area contributed by atoms with Gasteiger partial charge < -0.3 is 4.74 Å². The van der Waals surface area contributed by atoms with Gasteiger partial charge in [0.1, 0.15) is 5.75 Å². The lowest BCUT2D eigenvalue weighted by molar-refractivity contribution is 0.410. The fraction of sp³-hybridized carbons (Fsp3) is 0.400. The van der Waals surface area contributed by atoms with Crippen LogP contribution in [0, 0.1) is 0 Å². The molecule has 0 atom stereocenters. The van der Waals surface area contributed by atoms with Gasteiger partial charge in [-0.2, -0.15) is 12.6 Å². The van der Waals surface area contributed by atoms with E-state index >= 15 is 0 Å². The van der Waals surface area contributed by atoms with E-state index in [1.807, 2.05) is 18.2 Å². The van der Waals surface area contributed by atoms with E-state index in [2.05, 4.69) is 32.5 Å². The van der Waals surface area contributed by atoms with Crippen molar-refractivity contribution in [2.24, 2.45) is 0 Å². The Morgan fingerprint density at radius 1 is 1.32 bits per heavy atom. The number of hydrogen-bond donors (Lipinski definition) is 1. The van der Waals surface area contributed by atoms with Gasteiger partial charge in [0.25, 0.3) is 0 Å². The van der Waals surface area contributed by atoms with Gasteiger partial charge in [-0.05, 0) is 12.0 Å². The highest BCUT2D eigenvalue weighted by atomic mass is 32.1. The summed E-state index contributed by atoms with van der Waals surface area (Å²) in [6, 6.07) is 8.11. The summed E-state index contributed by atoms with van der Waals surface area (Å²) in [4.78, 5) is 6.05. The number of ether oxygens (including phenoxy) is 1. The van der Waals surface area contributed by atoms with E-state index in [1.165, 1.54) is 16.1 Å². The van der Waals surface area contributed by atoms with E-state index in [1.54, 1.807) is 18.4 Å². The molecule has 0 fully saturated rings. The van der Waals surface area contributed by atoms with Crippen LogP contribution in [0.4, 0.5) is 0 Å². The summed E-state index contributed by atoms with van der Waals surface area (Å²) in [5.74, 6) is 2.14. The fourth-order valence-corrected chi connectivity index (χ4v) is 3.53. The molecule has 2 rings (SSSR count). The van der Waals surface area contributed by atoms with Gasteiger partial charge in [-0.15, -0.1) is 11.3 Å². The second kappa shape index (κ2) is 6.44. The number of thiazole rings is 1. The molecule has 0 saturated heterocycles. The summed E-state index contributed by atoms with van der Waals surface area (Å²) >= 11 is 6.16. The predicted octanol–water partition coefficient (Wildman–Crippen LogP) is 4.30. The van der Waals surface area contributed by atoms with Crippen LogP contribution >= 0.6 is 24.0 Å². The SMILES string of the molecule is COc1ccccc1Cc1nc(C(C)C)c(CS)s1. The Labute approximate surface area is 124 Å². The molecule has 0 saturated carbocycles. The molecule has 0 N–H and O–H groups in total. The van der Waals surface area contributed by atoms with Crippen LogP contribution < -0.4 is 4.74 Å². The quantitative estimate of drug-likeness (QED) is 0.830. The lowest BCUT2D eigenvalue weighted by atomic mass is 10.1. The maximum Gasteiger partial charge on any atom is 0.122 e. The monoisotopic (exact) mass is 293 g/mol. The smallest absolute Gasteiger partial charge is 0.122 e. The average Bonchev–Trinajstić information content (AvgIpc) is 2.82. The standard InChI is InChI=1S/C15H19NOS2/c1-10(2)15-13(9-18)19-14(16-15)8-11-6-4-5-7-12(11)17-3/h4-7,10,18H,8-9H2,1-3H3. The summed E-state index contributed by atoms with van der Waals surface area (Å²) in [6.45, 7) is 4.35. The second-order valence-corrected chi connectivity index (χ2v) is 6.20. The van der Waals surface area contributed by atoms with Gasteiger partial charge in [0, 0.05) is 22.6 Å². The van der Waals surface area contributed by atoms with Crippen LogP contribution in [-0.4, -0.2) is 12.1 Å². The summed E-state index contributed by atoms with van der Waals surface area (Å²) in [7, 11) is 1.71. The van der Waals surface area contributed by atoms with Crippen LogP contribution in [0.5, 0.6) is 5.75 Å². The molecule has 2 aromatic rings. The first-order valence-electron chi connectivity index (χ1n) is 6.37. The Kier molecular flexibility index (Phi) is 4.88. The molecule has 0 bridgehead atoms. The number of rotatable bonds is 5. The van der Waals surface area contributed by atoms with Gasteiger partial charge >= 0.3 is 0 Å². The van der Waals surface area contributed by atoms with E-state index in [0.717, 1.165) is 22.9 Å². The zero-order valence-corrected chi connectivity index (χ0v) is 13.2. The molecule has 0 unspecified atom stereocenters. The van der Waals surface area contributed by atoms with Crippen molar-refractivity contribution in [3.8, 4) is 5.75 Å². The molecule has 2 nitrogen and oxygen atoms in total. The van der Waals surface area contributed by atoms with Crippen LogP contribution in [0.1, 0.15) is 40.9 Å². The topological polar surface area (TPSA) is 22.1 Å². The fourth-order valence-electron chi connectivity index (χ4n) is 2.07. The first kappa shape index (κ1) is 14.4. The van der Waals surface area contributed by atoms with Gasteiger partial charge in [-0.25, -0.2) is 4.98 Å². The summed E-state index contributed by atoms with van der Waals surface area (Å²) in [5.41, 5.74) is 2.37. The van der Waals surface area contributed by atoms with E-state index in [0.29, 0.717) is 5.92 Å². The lowest BCUT2D eigenvalue weighted by Crippen LogP contribution is -1.95. The van der Waals surface area contributed by atoms with E-state index in [4.69, 9.17) is 9.72 Å². The third-order valence-corrected chi connectivity index (χ3v) is 4.60. The maximum atomic E-state index is 5.39. The van der Waals surface area contributed by atoms with Gasteiger partial charge in [-0.1, -0.05) is 32.0 Å². The second-order valence-electron chi connectivity index (χ2n) is 4.72. The normalized spacial score (nSPS) is 11.0. The van der Waals surface area contributed by atoms with Gasteiger partial charge in [-0.3, -0.25) is 0 Å². The first-order chi connectivity index (χ1) is 9.15. The molecule has 1 aromatic heterocycles. The Morgan fingerprint density at radius 2 is 2.05 bits per heavy atom. The van der Waals surface area contributed by atoms with Gasteiger partial charge in [0.15, 0.2) is 0 Å². The molecule has 1 heterocycles. The number of methoxy groups -OCH3 is 1. The molecule has 0 aliphatic carbocycles.